The van der Waals surface area contributed by atoms with Crippen LogP contribution < -0.4 is 5.32 Å². The van der Waals surface area contributed by atoms with Gasteiger partial charge >= 0.3 is 12.1 Å². The van der Waals surface area contributed by atoms with Crippen molar-refractivity contribution in [3.63, 3.8) is 0 Å². The molecular weight excluding hydrogens is 326 g/mol. The Hall–Kier alpha value is -2.90. The first-order valence-electron chi connectivity index (χ1n) is 7.84. The minimum atomic E-state index is -0.584. The van der Waals surface area contributed by atoms with Crippen LogP contribution in [0.3, 0.4) is 0 Å². The van der Waals surface area contributed by atoms with E-state index in [-0.39, 0.29) is 25.5 Å². The first-order valence-corrected chi connectivity index (χ1v) is 7.84. The molecule has 0 aliphatic heterocycles. The maximum Gasteiger partial charge on any atom is 0.407 e. The van der Waals surface area contributed by atoms with Crippen LogP contribution in [0, 0.1) is 0 Å². The van der Waals surface area contributed by atoms with Crippen LogP contribution >= 0.6 is 0 Å². The second-order valence-corrected chi connectivity index (χ2v) is 6.22. The molecule has 1 heterocycles. The highest BCUT2D eigenvalue weighted by Gasteiger charge is 2.16. The molecule has 25 heavy (non-hydrogen) atoms. The molecule has 1 aromatic carbocycles. The fourth-order valence-electron chi connectivity index (χ4n) is 1.81. The zero-order valence-corrected chi connectivity index (χ0v) is 14.4. The van der Waals surface area contributed by atoms with Gasteiger partial charge in [-0.2, -0.15) is 4.98 Å². The van der Waals surface area contributed by atoms with E-state index in [2.05, 4.69) is 15.5 Å². The SMILES string of the molecule is CC(C)(C)OC(=O)NCCC(=O)OCc1nc(-c2ccccc2)no1. The van der Waals surface area contributed by atoms with Gasteiger partial charge in [-0.05, 0) is 20.8 Å². The normalized spacial score (nSPS) is 11.0. The van der Waals surface area contributed by atoms with Crippen LogP contribution in [0.15, 0.2) is 34.9 Å². The Morgan fingerprint density at radius 2 is 1.92 bits per heavy atom. The molecule has 0 radical (unpaired) electrons. The van der Waals surface area contributed by atoms with Crippen molar-refractivity contribution in [3.05, 3.63) is 36.2 Å². The van der Waals surface area contributed by atoms with Crippen LogP contribution in [-0.2, 0) is 20.9 Å². The van der Waals surface area contributed by atoms with Gasteiger partial charge in [0.15, 0.2) is 6.61 Å². The number of aromatic nitrogens is 2. The first-order chi connectivity index (χ1) is 11.8. The van der Waals surface area contributed by atoms with Gasteiger partial charge in [-0.3, -0.25) is 4.79 Å². The molecule has 8 heteroatoms. The van der Waals surface area contributed by atoms with Crippen molar-refractivity contribution in [1.29, 1.82) is 0 Å². The number of benzene rings is 1. The molecule has 2 aromatic rings. The molecule has 0 aliphatic carbocycles. The van der Waals surface area contributed by atoms with Crippen LogP contribution in [-0.4, -0.2) is 34.3 Å². The van der Waals surface area contributed by atoms with E-state index in [9.17, 15) is 9.59 Å². The Balaban J connectivity index is 1.70. The zero-order chi connectivity index (χ0) is 18.3. The molecule has 0 aliphatic rings. The lowest BCUT2D eigenvalue weighted by Gasteiger charge is -2.19. The number of esters is 1. The highest BCUT2D eigenvalue weighted by Crippen LogP contribution is 2.15. The Kier molecular flexibility index (Phi) is 6.10. The molecule has 134 valence electrons. The van der Waals surface area contributed by atoms with Crippen LogP contribution in [0.5, 0.6) is 0 Å². The highest BCUT2D eigenvalue weighted by atomic mass is 16.6. The lowest BCUT2D eigenvalue weighted by Crippen LogP contribution is -2.33. The molecule has 0 unspecified atom stereocenters. The lowest BCUT2D eigenvalue weighted by molar-refractivity contribution is -0.145. The number of rotatable bonds is 6. The summed E-state index contributed by atoms with van der Waals surface area (Å²) in [7, 11) is 0. The van der Waals surface area contributed by atoms with E-state index in [1.807, 2.05) is 30.3 Å². The highest BCUT2D eigenvalue weighted by molar-refractivity contribution is 5.71. The first kappa shape index (κ1) is 18.4. The molecule has 0 fully saturated rings. The fraction of sp³-hybridized carbons (Fsp3) is 0.412. The third-order valence-electron chi connectivity index (χ3n) is 2.85. The largest absolute Gasteiger partial charge is 0.456 e. The van der Waals surface area contributed by atoms with E-state index < -0.39 is 17.7 Å². The summed E-state index contributed by atoms with van der Waals surface area (Å²) in [6.07, 6.45) is -0.566. The molecule has 0 saturated carbocycles. The van der Waals surface area contributed by atoms with Crippen molar-refractivity contribution in [2.45, 2.75) is 39.4 Å². The van der Waals surface area contributed by atoms with Crippen LogP contribution in [0.4, 0.5) is 4.79 Å². The van der Waals surface area contributed by atoms with E-state index in [0.29, 0.717) is 5.82 Å². The topological polar surface area (TPSA) is 104 Å². The Morgan fingerprint density at radius 1 is 1.20 bits per heavy atom. The van der Waals surface area contributed by atoms with Gasteiger partial charge in [0.1, 0.15) is 5.60 Å². The predicted molar refractivity (Wildman–Crippen MR) is 88.4 cm³/mol. The fourth-order valence-corrected chi connectivity index (χ4v) is 1.81. The maximum absolute atomic E-state index is 11.7. The molecule has 1 amide bonds. The molecule has 0 bridgehead atoms. The number of nitrogens with zero attached hydrogens (tertiary/aromatic N) is 2. The van der Waals surface area contributed by atoms with Crippen molar-refractivity contribution < 1.29 is 23.6 Å². The van der Waals surface area contributed by atoms with E-state index in [0.717, 1.165) is 5.56 Å². The number of nitrogens with one attached hydrogen (secondary N) is 1. The standard InChI is InChI=1S/C17H21N3O5/c1-17(2,3)24-16(22)18-10-9-14(21)23-11-13-19-15(20-25-13)12-7-5-4-6-8-12/h4-8H,9-11H2,1-3H3,(H,18,22). The quantitative estimate of drug-likeness (QED) is 0.801. The molecular formula is C17H21N3O5. The predicted octanol–water partition coefficient (Wildman–Crippen LogP) is 2.69. The van der Waals surface area contributed by atoms with E-state index in [1.54, 1.807) is 20.8 Å². The average molecular weight is 347 g/mol. The summed E-state index contributed by atoms with van der Waals surface area (Å²) in [6, 6.07) is 9.32. The van der Waals surface area contributed by atoms with Gasteiger partial charge in [-0.1, -0.05) is 35.5 Å². The maximum atomic E-state index is 11.7. The molecule has 0 atom stereocenters. The van der Waals surface area contributed by atoms with Gasteiger partial charge in [0.2, 0.25) is 5.82 Å². The smallest absolute Gasteiger partial charge is 0.407 e. The average Bonchev–Trinajstić information content (AvgIpc) is 3.01. The third-order valence-corrected chi connectivity index (χ3v) is 2.85. The molecule has 1 N–H and O–H groups in total. The van der Waals surface area contributed by atoms with Crippen LogP contribution in [0.1, 0.15) is 33.1 Å². The molecule has 2 rings (SSSR count). The summed E-state index contributed by atoms with van der Waals surface area (Å²) in [5, 5.41) is 6.31. The third kappa shape index (κ3) is 6.62. The van der Waals surface area contributed by atoms with Crippen molar-refractivity contribution >= 4 is 12.1 Å². The number of hydrogen-bond donors (Lipinski definition) is 1. The number of ether oxygens (including phenoxy) is 2. The van der Waals surface area contributed by atoms with Gasteiger partial charge in [0.05, 0.1) is 6.42 Å². The summed E-state index contributed by atoms with van der Waals surface area (Å²) >= 11 is 0. The molecule has 0 saturated heterocycles. The zero-order valence-electron chi connectivity index (χ0n) is 14.4. The van der Waals surface area contributed by atoms with Crippen molar-refractivity contribution in [1.82, 2.24) is 15.5 Å². The number of carbonyl (C=O) groups excluding carboxylic acids is 2. The monoisotopic (exact) mass is 347 g/mol. The van der Waals surface area contributed by atoms with Crippen molar-refractivity contribution in [2.75, 3.05) is 6.54 Å². The van der Waals surface area contributed by atoms with Crippen molar-refractivity contribution in [2.24, 2.45) is 0 Å². The molecule has 0 spiro atoms. The number of alkyl carbamates (subject to hydrolysis) is 1. The van der Waals surface area contributed by atoms with Crippen LogP contribution in [0.25, 0.3) is 11.4 Å². The second-order valence-electron chi connectivity index (χ2n) is 6.22. The summed E-state index contributed by atoms with van der Waals surface area (Å²) in [5.41, 5.74) is 0.226. The molecule has 8 nitrogen and oxygen atoms in total. The van der Waals surface area contributed by atoms with E-state index >= 15 is 0 Å². The van der Waals surface area contributed by atoms with Gasteiger partial charge in [0, 0.05) is 12.1 Å². The van der Waals surface area contributed by atoms with Crippen molar-refractivity contribution in [3.8, 4) is 11.4 Å². The summed E-state index contributed by atoms with van der Waals surface area (Å²) in [5.74, 6) is 0.140. The second kappa shape index (κ2) is 8.27. The summed E-state index contributed by atoms with van der Waals surface area (Å²) in [4.78, 5) is 27.3. The van der Waals surface area contributed by atoms with Gasteiger partial charge in [-0.25, -0.2) is 4.79 Å². The summed E-state index contributed by atoms with van der Waals surface area (Å²) in [6.45, 7) is 5.27. The van der Waals surface area contributed by atoms with Crippen LogP contribution in [0.2, 0.25) is 0 Å². The van der Waals surface area contributed by atoms with Gasteiger partial charge in [0.25, 0.3) is 5.89 Å². The Bertz CT molecular complexity index is 707. The van der Waals surface area contributed by atoms with Gasteiger partial charge in [-0.15, -0.1) is 0 Å². The number of amides is 1. The van der Waals surface area contributed by atoms with Gasteiger partial charge < -0.3 is 19.3 Å². The number of hydrogen-bond acceptors (Lipinski definition) is 7. The summed E-state index contributed by atoms with van der Waals surface area (Å²) < 4.78 is 15.1. The minimum absolute atomic E-state index is 0.0128. The minimum Gasteiger partial charge on any atom is -0.456 e. The number of carbonyl (C=O) groups is 2. The Morgan fingerprint density at radius 3 is 2.60 bits per heavy atom. The Labute approximate surface area is 145 Å². The lowest BCUT2D eigenvalue weighted by atomic mass is 10.2. The van der Waals surface area contributed by atoms with E-state index in [4.69, 9.17) is 14.0 Å². The van der Waals surface area contributed by atoms with E-state index in [1.165, 1.54) is 0 Å². The molecule has 1 aromatic heterocycles.